The highest BCUT2D eigenvalue weighted by Crippen LogP contribution is 2.40. The zero-order chi connectivity index (χ0) is 19.7. The largest absolute Gasteiger partial charge is 0.296 e. The summed E-state index contributed by atoms with van der Waals surface area (Å²) in [5.74, 6) is -0.0584. The Labute approximate surface area is 160 Å². The Morgan fingerprint density at radius 1 is 0.704 bits per heavy atom. The molecule has 2 aromatic rings. The second-order valence-corrected chi connectivity index (χ2v) is 10.1. The number of hydrogen-bond acceptors (Lipinski definition) is 6. The van der Waals surface area contributed by atoms with Crippen LogP contribution in [0.3, 0.4) is 0 Å². The van der Waals surface area contributed by atoms with Crippen molar-refractivity contribution in [1.82, 2.24) is 0 Å². The van der Waals surface area contributed by atoms with Gasteiger partial charge in [0.1, 0.15) is 0 Å². The fraction of sp³-hybridized carbons (Fsp3) is 0.368. The predicted molar refractivity (Wildman–Crippen MR) is 100 cm³/mol. The van der Waals surface area contributed by atoms with Crippen molar-refractivity contribution >= 4 is 20.2 Å². The second kappa shape index (κ2) is 7.71. The highest BCUT2D eigenvalue weighted by atomic mass is 32.2. The van der Waals surface area contributed by atoms with Gasteiger partial charge in [-0.3, -0.25) is 8.37 Å². The van der Waals surface area contributed by atoms with Crippen molar-refractivity contribution < 1.29 is 25.2 Å². The summed E-state index contributed by atoms with van der Waals surface area (Å²) in [6, 6.07) is 12.9. The smallest absolute Gasteiger partial charge is 0.266 e. The third-order valence-electron chi connectivity index (χ3n) is 4.56. The lowest BCUT2D eigenvalue weighted by Crippen LogP contribution is -2.12. The SMILES string of the molecule is Cc1ccc(S(=O)(=O)OC[C@@H]2C[C@H]2COS(=O)(=O)c2ccc(C)cc2)cc1. The fourth-order valence-electron chi connectivity index (χ4n) is 2.62. The second-order valence-electron chi connectivity index (χ2n) is 6.86. The van der Waals surface area contributed by atoms with E-state index in [4.69, 9.17) is 8.37 Å². The molecule has 1 aliphatic carbocycles. The van der Waals surface area contributed by atoms with Gasteiger partial charge in [0.25, 0.3) is 20.2 Å². The summed E-state index contributed by atoms with van der Waals surface area (Å²) in [6.07, 6.45) is 0.673. The zero-order valence-corrected chi connectivity index (χ0v) is 16.8. The maximum Gasteiger partial charge on any atom is 0.296 e. The molecule has 2 aromatic carbocycles. The van der Waals surface area contributed by atoms with Crippen LogP contribution < -0.4 is 0 Å². The highest BCUT2D eigenvalue weighted by Gasteiger charge is 2.39. The Morgan fingerprint density at radius 2 is 1.04 bits per heavy atom. The van der Waals surface area contributed by atoms with Crippen molar-refractivity contribution in [2.45, 2.75) is 30.1 Å². The third kappa shape index (κ3) is 5.16. The third-order valence-corrected chi connectivity index (χ3v) is 7.15. The predicted octanol–water partition coefficient (Wildman–Crippen LogP) is 3.05. The average Bonchev–Trinajstić information content (AvgIpc) is 3.38. The molecular formula is C19H22O6S2. The summed E-state index contributed by atoms with van der Waals surface area (Å²) < 4.78 is 58.9. The van der Waals surface area contributed by atoms with E-state index in [1.54, 1.807) is 24.3 Å². The molecule has 2 atom stereocenters. The van der Waals surface area contributed by atoms with Crippen molar-refractivity contribution in [2.75, 3.05) is 13.2 Å². The lowest BCUT2D eigenvalue weighted by atomic mass is 10.2. The summed E-state index contributed by atoms with van der Waals surface area (Å²) in [6.45, 7) is 3.79. The van der Waals surface area contributed by atoms with Gasteiger partial charge >= 0.3 is 0 Å². The Kier molecular flexibility index (Phi) is 5.71. The molecule has 1 fully saturated rings. The Bertz CT molecular complexity index is 910. The Morgan fingerprint density at radius 3 is 1.37 bits per heavy atom. The van der Waals surface area contributed by atoms with Gasteiger partial charge in [-0.2, -0.15) is 16.8 Å². The van der Waals surface area contributed by atoms with Crippen LogP contribution in [0.15, 0.2) is 58.3 Å². The summed E-state index contributed by atoms with van der Waals surface area (Å²) in [5.41, 5.74) is 1.92. The van der Waals surface area contributed by atoms with E-state index in [1.807, 2.05) is 13.8 Å². The fourth-order valence-corrected chi connectivity index (χ4v) is 4.54. The van der Waals surface area contributed by atoms with Crippen LogP contribution in [0.2, 0.25) is 0 Å². The first-order valence-electron chi connectivity index (χ1n) is 8.59. The van der Waals surface area contributed by atoms with Gasteiger partial charge in [0, 0.05) is 0 Å². The van der Waals surface area contributed by atoms with Crippen LogP contribution in [0.4, 0.5) is 0 Å². The molecule has 27 heavy (non-hydrogen) atoms. The van der Waals surface area contributed by atoms with E-state index >= 15 is 0 Å². The van der Waals surface area contributed by atoms with Gasteiger partial charge in [-0.05, 0) is 56.4 Å². The lowest BCUT2D eigenvalue weighted by Gasteiger charge is -2.07. The summed E-state index contributed by atoms with van der Waals surface area (Å²) >= 11 is 0. The minimum absolute atomic E-state index is 0.0226. The lowest BCUT2D eigenvalue weighted by molar-refractivity contribution is 0.261. The van der Waals surface area contributed by atoms with Crippen molar-refractivity contribution in [1.29, 1.82) is 0 Å². The molecule has 1 saturated carbocycles. The quantitative estimate of drug-likeness (QED) is 0.622. The summed E-state index contributed by atoms with van der Waals surface area (Å²) in [7, 11) is -7.61. The van der Waals surface area contributed by atoms with Crippen LogP contribution in [0.1, 0.15) is 17.5 Å². The molecule has 0 bridgehead atoms. The molecular weight excluding hydrogens is 388 g/mol. The number of benzene rings is 2. The molecule has 0 aromatic heterocycles. The summed E-state index contributed by atoms with van der Waals surface area (Å²) in [5, 5.41) is 0. The topological polar surface area (TPSA) is 86.7 Å². The molecule has 0 heterocycles. The van der Waals surface area contributed by atoms with Gasteiger partial charge in [-0.25, -0.2) is 0 Å². The van der Waals surface area contributed by atoms with Crippen LogP contribution in [-0.2, 0) is 28.6 Å². The normalized spacial score (nSPS) is 19.8. The molecule has 0 unspecified atom stereocenters. The molecule has 0 saturated heterocycles. The molecule has 1 aliphatic rings. The molecule has 3 rings (SSSR count). The zero-order valence-electron chi connectivity index (χ0n) is 15.2. The van der Waals surface area contributed by atoms with E-state index in [0.29, 0.717) is 6.42 Å². The summed E-state index contributed by atoms with van der Waals surface area (Å²) in [4.78, 5) is 0.229. The van der Waals surface area contributed by atoms with Crippen LogP contribution in [0.25, 0.3) is 0 Å². The molecule has 0 aliphatic heterocycles. The van der Waals surface area contributed by atoms with Crippen molar-refractivity contribution in [2.24, 2.45) is 11.8 Å². The van der Waals surface area contributed by atoms with Crippen molar-refractivity contribution in [3.8, 4) is 0 Å². The van der Waals surface area contributed by atoms with Gasteiger partial charge in [0.2, 0.25) is 0 Å². The number of aryl methyl sites for hydroxylation is 2. The molecule has 0 amide bonds. The first-order chi connectivity index (χ1) is 12.7. The minimum atomic E-state index is -3.81. The highest BCUT2D eigenvalue weighted by molar-refractivity contribution is 7.87. The van der Waals surface area contributed by atoms with Gasteiger partial charge in [0.15, 0.2) is 0 Å². The number of rotatable bonds is 8. The van der Waals surface area contributed by atoms with E-state index in [2.05, 4.69) is 0 Å². The molecule has 0 N–H and O–H groups in total. The van der Waals surface area contributed by atoms with Crippen LogP contribution >= 0.6 is 0 Å². The standard InChI is InChI=1S/C19H22O6S2/c1-14-3-7-18(8-4-14)26(20,21)24-12-16-11-17(16)13-25-27(22,23)19-9-5-15(2)6-10-19/h3-10,16-17H,11-13H2,1-2H3/t16-,17-/m0/s1. The van der Waals surface area contributed by atoms with Crippen molar-refractivity contribution in [3.63, 3.8) is 0 Å². The van der Waals surface area contributed by atoms with E-state index in [0.717, 1.165) is 11.1 Å². The molecule has 0 radical (unpaired) electrons. The van der Waals surface area contributed by atoms with Gasteiger partial charge in [-0.15, -0.1) is 0 Å². The average molecular weight is 411 g/mol. The van der Waals surface area contributed by atoms with Gasteiger partial charge < -0.3 is 0 Å². The Hall–Kier alpha value is -1.74. The number of hydrogen-bond donors (Lipinski definition) is 0. The van der Waals surface area contributed by atoms with Crippen LogP contribution in [0, 0.1) is 25.7 Å². The molecule has 6 nitrogen and oxygen atoms in total. The van der Waals surface area contributed by atoms with Gasteiger partial charge in [-0.1, -0.05) is 35.4 Å². The van der Waals surface area contributed by atoms with Crippen LogP contribution in [-0.4, -0.2) is 30.0 Å². The molecule has 8 heteroatoms. The molecule has 146 valence electrons. The van der Waals surface area contributed by atoms with Crippen LogP contribution in [0.5, 0.6) is 0 Å². The van der Waals surface area contributed by atoms with E-state index in [1.165, 1.54) is 24.3 Å². The van der Waals surface area contributed by atoms with E-state index in [-0.39, 0.29) is 34.8 Å². The van der Waals surface area contributed by atoms with Gasteiger partial charge in [0.05, 0.1) is 23.0 Å². The minimum Gasteiger partial charge on any atom is -0.266 e. The van der Waals surface area contributed by atoms with E-state index < -0.39 is 20.2 Å². The maximum absolute atomic E-state index is 12.2. The first-order valence-corrected chi connectivity index (χ1v) is 11.4. The Balaban J connectivity index is 1.49. The van der Waals surface area contributed by atoms with E-state index in [9.17, 15) is 16.8 Å². The first kappa shape index (κ1) is 20.0. The maximum atomic E-state index is 12.2. The van der Waals surface area contributed by atoms with Crippen molar-refractivity contribution in [3.05, 3.63) is 59.7 Å². The monoisotopic (exact) mass is 410 g/mol. The molecule has 0 spiro atoms.